The van der Waals surface area contributed by atoms with Gasteiger partial charge in [0.2, 0.25) is 5.95 Å². The molecule has 0 saturated heterocycles. The minimum atomic E-state index is -0.451. The highest BCUT2D eigenvalue weighted by Gasteiger charge is 2.10. The predicted molar refractivity (Wildman–Crippen MR) is 47.0 cm³/mol. The quantitative estimate of drug-likeness (QED) is 0.682. The van der Waals surface area contributed by atoms with Crippen LogP contribution in [0.5, 0.6) is 0 Å². The van der Waals surface area contributed by atoms with E-state index in [2.05, 4.69) is 25.9 Å². The number of anilines is 1. The largest absolute Gasteiger partial charge is 0.369 e. The van der Waals surface area contributed by atoms with Gasteiger partial charge in [0.25, 0.3) is 5.56 Å². The fraction of sp³-hybridized carbons (Fsp3) is 0.167. The van der Waals surface area contributed by atoms with E-state index in [9.17, 15) is 9.59 Å². The van der Waals surface area contributed by atoms with Crippen molar-refractivity contribution in [2.45, 2.75) is 6.92 Å². The molecule has 0 atom stereocenters. The first-order valence-corrected chi connectivity index (χ1v) is 3.88. The van der Waals surface area contributed by atoms with Gasteiger partial charge in [0.15, 0.2) is 5.78 Å². The van der Waals surface area contributed by atoms with Crippen LogP contribution < -0.4 is 11.3 Å². The molecule has 0 spiro atoms. The van der Waals surface area contributed by atoms with E-state index in [4.69, 9.17) is 5.73 Å². The molecule has 1 rings (SSSR count). The lowest BCUT2D eigenvalue weighted by atomic mass is 10.3. The standard InChI is InChI=1S/C6H6BrN3O2/c1-2(11)4-3(7)5(12)10-6(8)9-4/h1H3,(H3,8,9,10,12). The molecule has 1 aromatic rings. The molecule has 0 saturated carbocycles. The first kappa shape index (κ1) is 8.92. The highest BCUT2D eigenvalue weighted by Crippen LogP contribution is 2.09. The topological polar surface area (TPSA) is 88.8 Å². The second-order valence-electron chi connectivity index (χ2n) is 2.17. The molecule has 12 heavy (non-hydrogen) atoms. The van der Waals surface area contributed by atoms with Crippen LogP contribution in [-0.4, -0.2) is 15.8 Å². The molecule has 64 valence electrons. The molecule has 5 nitrogen and oxygen atoms in total. The highest BCUT2D eigenvalue weighted by atomic mass is 79.9. The lowest BCUT2D eigenvalue weighted by molar-refractivity contribution is 0.101. The van der Waals surface area contributed by atoms with Crippen LogP contribution in [0.15, 0.2) is 9.27 Å². The average Bonchev–Trinajstić information content (AvgIpc) is 1.96. The van der Waals surface area contributed by atoms with Gasteiger partial charge in [0.05, 0.1) is 0 Å². The molecular formula is C6H6BrN3O2. The Labute approximate surface area is 76.1 Å². The summed E-state index contributed by atoms with van der Waals surface area (Å²) < 4.78 is 0.115. The number of halogens is 1. The molecule has 1 aromatic heterocycles. The Balaban J connectivity index is 3.48. The molecule has 0 aromatic carbocycles. The van der Waals surface area contributed by atoms with Gasteiger partial charge in [-0.15, -0.1) is 0 Å². The Hall–Kier alpha value is -1.17. The van der Waals surface area contributed by atoms with Crippen molar-refractivity contribution >= 4 is 27.7 Å². The number of nitrogen functional groups attached to an aromatic ring is 1. The van der Waals surface area contributed by atoms with Crippen LogP contribution in [-0.2, 0) is 0 Å². The Kier molecular flexibility index (Phi) is 2.27. The minimum Gasteiger partial charge on any atom is -0.369 e. The summed E-state index contributed by atoms with van der Waals surface area (Å²) in [5, 5.41) is 0. The van der Waals surface area contributed by atoms with Crippen molar-refractivity contribution in [3.8, 4) is 0 Å². The number of ketones is 1. The zero-order chi connectivity index (χ0) is 9.30. The van der Waals surface area contributed by atoms with E-state index < -0.39 is 5.56 Å². The monoisotopic (exact) mass is 231 g/mol. The summed E-state index contributed by atoms with van der Waals surface area (Å²) in [4.78, 5) is 27.8. The molecule has 1 heterocycles. The number of Topliss-reactive ketones (excluding diaryl/α,β-unsaturated/α-hetero) is 1. The van der Waals surface area contributed by atoms with Crippen LogP contribution in [0.1, 0.15) is 17.4 Å². The maximum atomic E-state index is 11.0. The number of aromatic amines is 1. The molecule has 0 aliphatic rings. The van der Waals surface area contributed by atoms with Crippen molar-refractivity contribution < 1.29 is 4.79 Å². The maximum Gasteiger partial charge on any atom is 0.267 e. The fourth-order valence-corrected chi connectivity index (χ4v) is 1.18. The number of carbonyl (C=O) groups is 1. The SMILES string of the molecule is CC(=O)c1nc(N)[nH]c(=O)c1Br. The van der Waals surface area contributed by atoms with E-state index in [0.29, 0.717) is 0 Å². The third-order valence-corrected chi connectivity index (χ3v) is 1.95. The van der Waals surface area contributed by atoms with Crippen LogP contribution in [0.2, 0.25) is 0 Å². The second kappa shape index (κ2) is 3.06. The van der Waals surface area contributed by atoms with Crippen molar-refractivity contribution in [1.29, 1.82) is 0 Å². The number of nitrogens with zero attached hydrogens (tertiary/aromatic N) is 1. The zero-order valence-corrected chi connectivity index (χ0v) is 7.81. The molecule has 0 aliphatic heterocycles. The average molecular weight is 232 g/mol. The van der Waals surface area contributed by atoms with E-state index in [1.807, 2.05) is 0 Å². The summed E-state index contributed by atoms with van der Waals surface area (Å²) in [7, 11) is 0. The molecule has 0 fully saturated rings. The normalized spacial score (nSPS) is 9.83. The van der Waals surface area contributed by atoms with Crippen molar-refractivity contribution in [1.82, 2.24) is 9.97 Å². The summed E-state index contributed by atoms with van der Waals surface area (Å²) in [6.07, 6.45) is 0. The van der Waals surface area contributed by atoms with Crippen LogP contribution in [0.3, 0.4) is 0 Å². The third kappa shape index (κ3) is 1.53. The molecule has 0 amide bonds. The summed E-state index contributed by atoms with van der Waals surface area (Å²) in [6.45, 7) is 1.31. The molecule has 6 heteroatoms. The van der Waals surface area contributed by atoms with Crippen molar-refractivity contribution in [2.75, 3.05) is 5.73 Å². The van der Waals surface area contributed by atoms with Gasteiger partial charge in [-0.05, 0) is 15.9 Å². The van der Waals surface area contributed by atoms with Crippen LogP contribution in [0.4, 0.5) is 5.95 Å². The van der Waals surface area contributed by atoms with Crippen molar-refractivity contribution in [3.63, 3.8) is 0 Å². The van der Waals surface area contributed by atoms with E-state index in [0.717, 1.165) is 0 Å². The number of hydrogen-bond donors (Lipinski definition) is 2. The summed E-state index contributed by atoms with van der Waals surface area (Å²) >= 11 is 2.93. The summed E-state index contributed by atoms with van der Waals surface area (Å²) in [6, 6.07) is 0. The summed E-state index contributed by atoms with van der Waals surface area (Å²) in [5.74, 6) is -0.368. The molecule has 0 radical (unpaired) electrons. The van der Waals surface area contributed by atoms with Crippen LogP contribution in [0, 0.1) is 0 Å². The van der Waals surface area contributed by atoms with Gasteiger partial charge < -0.3 is 5.73 Å². The van der Waals surface area contributed by atoms with Crippen molar-refractivity contribution in [3.05, 3.63) is 20.5 Å². The van der Waals surface area contributed by atoms with E-state index in [-0.39, 0.29) is 21.9 Å². The first-order chi connectivity index (χ1) is 5.52. The smallest absolute Gasteiger partial charge is 0.267 e. The van der Waals surface area contributed by atoms with Gasteiger partial charge in [0.1, 0.15) is 10.2 Å². The molecule has 3 N–H and O–H groups in total. The second-order valence-corrected chi connectivity index (χ2v) is 2.96. The lowest BCUT2D eigenvalue weighted by Gasteiger charge is -1.98. The Bertz CT molecular complexity index is 385. The van der Waals surface area contributed by atoms with Gasteiger partial charge in [-0.3, -0.25) is 14.6 Å². The van der Waals surface area contributed by atoms with Crippen LogP contribution in [0.25, 0.3) is 0 Å². The van der Waals surface area contributed by atoms with Crippen LogP contribution >= 0.6 is 15.9 Å². The van der Waals surface area contributed by atoms with E-state index in [1.165, 1.54) is 6.92 Å². The van der Waals surface area contributed by atoms with Gasteiger partial charge in [-0.1, -0.05) is 0 Å². The minimum absolute atomic E-state index is 0.0521. The number of nitrogens with two attached hydrogens (primary N) is 1. The highest BCUT2D eigenvalue weighted by molar-refractivity contribution is 9.10. The zero-order valence-electron chi connectivity index (χ0n) is 6.22. The van der Waals surface area contributed by atoms with Gasteiger partial charge >= 0.3 is 0 Å². The summed E-state index contributed by atoms with van der Waals surface area (Å²) in [5.41, 5.74) is 4.83. The molecule has 0 aliphatic carbocycles. The van der Waals surface area contributed by atoms with E-state index in [1.54, 1.807) is 0 Å². The molecular weight excluding hydrogens is 226 g/mol. The van der Waals surface area contributed by atoms with E-state index >= 15 is 0 Å². The van der Waals surface area contributed by atoms with Gasteiger partial charge in [-0.2, -0.15) is 0 Å². The number of aromatic nitrogens is 2. The lowest BCUT2D eigenvalue weighted by Crippen LogP contribution is -2.16. The van der Waals surface area contributed by atoms with Gasteiger partial charge in [0, 0.05) is 6.92 Å². The Morgan fingerprint density at radius 1 is 1.67 bits per heavy atom. The number of H-pyrrole nitrogens is 1. The predicted octanol–water partition coefficient (Wildman–Crippen LogP) is 0.317. The number of hydrogen-bond acceptors (Lipinski definition) is 4. The van der Waals surface area contributed by atoms with Gasteiger partial charge in [-0.25, -0.2) is 4.98 Å². The number of nitrogens with one attached hydrogen (secondary N) is 1. The number of carbonyl (C=O) groups excluding carboxylic acids is 1. The molecule has 0 bridgehead atoms. The van der Waals surface area contributed by atoms with Crippen molar-refractivity contribution in [2.24, 2.45) is 0 Å². The maximum absolute atomic E-state index is 11.0. The molecule has 0 unspecified atom stereocenters. The first-order valence-electron chi connectivity index (χ1n) is 3.08. The Morgan fingerprint density at radius 3 is 2.75 bits per heavy atom. The Morgan fingerprint density at radius 2 is 2.25 bits per heavy atom. The number of rotatable bonds is 1. The fourth-order valence-electron chi connectivity index (χ4n) is 0.709. The third-order valence-electron chi connectivity index (χ3n) is 1.21.